The number of benzene rings is 1. The molecule has 0 bridgehead atoms. The van der Waals surface area contributed by atoms with Crippen LogP contribution >= 0.6 is 0 Å². The molecule has 0 amide bonds. The number of imidazole rings is 1. The largest absolute Gasteiger partial charge is 0.506 e. The normalized spacial score (nSPS) is 13.9. The molecule has 200 valence electrons. The molecule has 0 unspecified atom stereocenters. The molecule has 5 aromatic heterocycles. The number of halogens is 1. The quantitative estimate of drug-likeness (QED) is 0.262. The fraction of sp³-hybridized carbons (Fsp3) is 0.207. The summed E-state index contributed by atoms with van der Waals surface area (Å²) in [6, 6.07) is 10.00. The Morgan fingerprint density at radius 2 is 1.90 bits per heavy atom. The van der Waals surface area contributed by atoms with E-state index in [9.17, 15) is 9.50 Å². The Balaban J connectivity index is 1.23. The van der Waals surface area contributed by atoms with E-state index in [1.165, 1.54) is 31.2 Å². The second-order valence-corrected chi connectivity index (χ2v) is 9.83. The van der Waals surface area contributed by atoms with E-state index < -0.39 is 0 Å². The molecule has 1 aliphatic rings. The first-order valence-electron chi connectivity index (χ1n) is 13.1. The Morgan fingerprint density at radius 3 is 2.77 bits per heavy atom. The molecule has 3 N–H and O–H groups in total. The van der Waals surface area contributed by atoms with Gasteiger partial charge in [-0.15, -0.1) is 0 Å². The third kappa shape index (κ3) is 4.60. The van der Waals surface area contributed by atoms with Crippen LogP contribution in [-0.4, -0.2) is 71.4 Å². The van der Waals surface area contributed by atoms with Crippen molar-refractivity contribution >= 4 is 22.1 Å². The Kier molecular flexibility index (Phi) is 6.05. The van der Waals surface area contributed by atoms with Crippen molar-refractivity contribution in [1.82, 2.24) is 40.0 Å². The van der Waals surface area contributed by atoms with Crippen molar-refractivity contribution in [3.63, 3.8) is 0 Å². The fourth-order valence-electron chi connectivity index (χ4n) is 5.18. The lowest BCUT2D eigenvalue weighted by molar-refractivity contribution is 0.237. The monoisotopic (exact) mass is 536 g/mol. The molecule has 6 aromatic rings. The number of hydrogen-bond acceptors (Lipinski definition) is 8. The lowest BCUT2D eigenvalue weighted by Crippen LogP contribution is -2.25. The van der Waals surface area contributed by atoms with Gasteiger partial charge >= 0.3 is 0 Å². The standard InChI is InChI=1S/C29H25FN8O2/c30-19-9-17(11-21(12-19)40-8-7-38-5-1-2-6-38)22-3-4-32-28-26(22)34-29(35-28)27-23-13-24(33-16-25(23)36-37-27)18-10-20(39)15-31-14-18/h3-4,9-16,39H,1-2,5-8H2,(H,36,37)(H,32,34,35). The Hall–Kier alpha value is -4.90. The van der Waals surface area contributed by atoms with Crippen LogP contribution in [-0.2, 0) is 0 Å². The lowest BCUT2D eigenvalue weighted by atomic mass is 10.1. The van der Waals surface area contributed by atoms with Crippen molar-refractivity contribution in [2.75, 3.05) is 26.2 Å². The third-order valence-electron chi connectivity index (χ3n) is 7.13. The third-order valence-corrected chi connectivity index (χ3v) is 7.13. The maximum absolute atomic E-state index is 14.7. The lowest BCUT2D eigenvalue weighted by Gasteiger charge is -2.15. The second kappa shape index (κ2) is 10.0. The molecule has 0 aliphatic carbocycles. The average molecular weight is 537 g/mol. The van der Waals surface area contributed by atoms with Crippen LogP contribution in [0.4, 0.5) is 4.39 Å². The SMILES string of the molecule is Oc1cncc(-c2cc3c(-c4nc5c(-c6cc(F)cc(OCCN7CCCC7)c6)ccnc5[nH]4)n[nH]c3cn2)c1. The van der Waals surface area contributed by atoms with Crippen molar-refractivity contribution < 1.29 is 14.2 Å². The van der Waals surface area contributed by atoms with E-state index in [4.69, 9.17) is 9.72 Å². The number of nitrogens with zero attached hydrogens (tertiary/aromatic N) is 6. The maximum atomic E-state index is 14.7. The van der Waals surface area contributed by atoms with Crippen LogP contribution in [0, 0.1) is 5.82 Å². The molecular weight excluding hydrogens is 511 g/mol. The van der Waals surface area contributed by atoms with Gasteiger partial charge in [-0.3, -0.25) is 20.0 Å². The molecular formula is C29H25FN8O2. The van der Waals surface area contributed by atoms with Gasteiger partial charge in [0.15, 0.2) is 11.5 Å². The highest BCUT2D eigenvalue weighted by molar-refractivity contribution is 5.96. The van der Waals surface area contributed by atoms with Crippen LogP contribution in [0.25, 0.3) is 56.0 Å². The molecule has 7 rings (SSSR count). The molecule has 10 nitrogen and oxygen atoms in total. The number of aromatic amines is 2. The van der Waals surface area contributed by atoms with E-state index in [-0.39, 0.29) is 11.6 Å². The minimum absolute atomic E-state index is 0.0557. The van der Waals surface area contributed by atoms with Gasteiger partial charge in [0.25, 0.3) is 0 Å². The van der Waals surface area contributed by atoms with E-state index in [1.54, 1.807) is 24.7 Å². The van der Waals surface area contributed by atoms with Gasteiger partial charge in [-0.05, 0) is 61.8 Å². The number of fused-ring (bicyclic) bond motifs is 2. The number of aromatic hydroxyl groups is 1. The molecule has 0 spiro atoms. The van der Waals surface area contributed by atoms with Crippen LogP contribution in [0.2, 0.25) is 0 Å². The summed E-state index contributed by atoms with van der Waals surface area (Å²) in [5.74, 6) is 0.662. The number of pyridine rings is 3. The summed E-state index contributed by atoms with van der Waals surface area (Å²) in [6.45, 7) is 3.50. The minimum atomic E-state index is -0.380. The maximum Gasteiger partial charge on any atom is 0.160 e. The van der Waals surface area contributed by atoms with Gasteiger partial charge in [0.05, 0.1) is 23.6 Å². The van der Waals surface area contributed by atoms with Crippen LogP contribution in [0.1, 0.15) is 12.8 Å². The van der Waals surface area contributed by atoms with Crippen molar-refractivity contribution in [3.8, 4) is 45.4 Å². The summed E-state index contributed by atoms with van der Waals surface area (Å²) in [5.41, 5.74) is 5.13. The molecule has 0 saturated carbocycles. The highest BCUT2D eigenvalue weighted by Gasteiger charge is 2.18. The van der Waals surface area contributed by atoms with Gasteiger partial charge in [0, 0.05) is 41.5 Å². The number of ether oxygens (including phenoxy) is 1. The van der Waals surface area contributed by atoms with Crippen molar-refractivity contribution in [1.29, 1.82) is 0 Å². The summed E-state index contributed by atoms with van der Waals surface area (Å²) < 4.78 is 20.6. The molecule has 0 radical (unpaired) electrons. The molecule has 1 aliphatic heterocycles. The van der Waals surface area contributed by atoms with Crippen LogP contribution in [0.15, 0.2) is 61.2 Å². The first-order chi connectivity index (χ1) is 19.6. The smallest absolute Gasteiger partial charge is 0.160 e. The predicted molar refractivity (Wildman–Crippen MR) is 148 cm³/mol. The summed E-state index contributed by atoms with van der Waals surface area (Å²) in [6.07, 6.45) is 8.78. The highest BCUT2D eigenvalue weighted by Crippen LogP contribution is 2.33. The first-order valence-corrected chi connectivity index (χ1v) is 13.1. The average Bonchev–Trinajstić information content (AvgIpc) is 3.72. The first kappa shape index (κ1) is 24.2. The highest BCUT2D eigenvalue weighted by atomic mass is 19.1. The van der Waals surface area contributed by atoms with Crippen molar-refractivity contribution in [3.05, 3.63) is 67.0 Å². The fourth-order valence-corrected chi connectivity index (χ4v) is 5.18. The minimum Gasteiger partial charge on any atom is -0.506 e. The zero-order valence-corrected chi connectivity index (χ0v) is 21.4. The zero-order valence-electron chi connectivity index (χ0n) is 21.4. The molecule has 11 heteroatoms. The molecule has 0 atom stereocenters. The summed E-state index contributed by atoms with van der Waals surface area (Å²) in [7, 11) is 0. The van der Waals surface area contributed by atoms with Gasteiger partial charge < -0.3 is 14.8 Å². The number of H-pyrrole nitrogens is 2. The summed E-state index contributed by atoms with van der Waals surface area (Å²) in [4.78, 5) is 23.4. The van der Waals surface area contributed by atoms with Gasteiger partial charge in [0.1, 0.15) is 35.1 Å². The Morgan fingerprint density at radius 1 is 1.00 bits per heavy atom. The van der Waals surface area contributed by atoms with Crippen LogP contribution in [0.5, 0.6) is 11.5 Å². The van der Waals surface area contributed by atoms with Gasteiger partial charge in [-0.1, -0.05) is 0 Å². The number of likely N-dealkylation sites (tertiary alicyclic amines) is 1. The zero-order chi connectivity index (χ0) is 27.1. The van der Waals surface area contributed by atoms with Crippen LogP contribution in [0.3, 0.4) is 0 Å². The predicted octanol–water partition coefficient (Wildman–Crippen LogP) is 4.94. The number of hydrogen-bond donors (Lipinski definition) is 3. The Labute approximate surface area is 227 Å². The number of rotatable bonds is 7. The summed E-state index contributed by atoms with van der Waals surface area (Å²) >= 11 is 0. The molecule has 40 heavy (non-hydrogen) atoms. The molecule has 1 aromatic carbocycles. The number of aromatic nitrogens is 7. The van der Waals surface area contributed by atoms with Gasteiger partial charge in [-0.25, -0.2) is 14.4 Å². The number of nitrogens with one attached hydrogen (secondary N) is 2. The summed E-state index contributed by atoms with van der Waals surface area (Å²) in [5, 5.41) is 18.1. The van der Waals surface area contributed by atoms with Crippen molar-refractivity contribution in [2.24, 2.45) is 0 Å². The topological polar surface area (TPSA) is 129 Å². The van der Waals surface area contributed by atoms with E-state index >= 15 is 0 Å². The van der Waals surface area contributed by atoms with Gasteiger partial charge in [-0.2, -0.15) is 5.10 Å². The second-order valence-electron chi connectivity index (χ2n) is 9.83. The molecule has 1 saturated heterocycles. The van der Waals surface area contributed by atoms with E-state index in [2.05, 4.69) is 35.0 Å². The van der Waals surface area contributed by atoms with Gasteiger partial charge in [0.2, 0.25) is 0 Å². The van der Waals surface area contributed by atoms with E-state index in [1.807, 2.05) is 18.2 Å². The molecule has 1 fully saturated rings. The Bertz CT molecular complexity index is 1840. The van der Waals surface area contributed by atoms with E-state index in [0.29, 0.717) is 51.9 Å². The van der Waals surface area contributed by atoms with Crippen LogP contribution < -0.4 is 4.74 Å². The van der Waals surface area contributed by atoms with E-state index in [0.717, 1.165) is 36.1 Å². The van der Waals surface area contributed by atoms with Crippen molar-refractivity contribution in [2.45, 2.75) is 12.8 Å². The molecule has 6 heterocycles.